The Kier molecular flexibility index (Phi) is 3.90. The number of anilines is 2. The molecule has 1 aromatic carbocycles. The van der Waals surface area contributed by atoms with Gasteiger partial charge < -0.3 is 14.8 Å². The summed E-state index contributed by atoms with van der Waals surface area (Å²) < 4.78 is 0. The van der Waals surface area contributed by atoms with Crippen LogP contribution in [0.25, 0.3) is 22.4 Å². The molecule has 1 aliphatic heterocycles. The first-order valence-corrected chi connectivity index (χ1v) is 9.05. The zero-order valence-electron chi connectivity index (χ0n) is 14.8. The predicted molar refractivity (Wildman–Crippen MR) is 106 cm³/mol. The Bertz CT molecular complexity index is 1000. The van der Waals surface area contributed by atoms with Crippen LogP contribution >= 0.6 is 0 Å². The molecule has 1 fully saturated rings. The Morgan fingerprint density at radius 2 is 1.56 bits per heavy atom. The number of imidazole rings is 1. The molecule has 0 aliphatic carbocycles. The molecule has 27 heavy (non-hydrogen) atoms. The number of piperazine rings is 1. The van der Waals surface area contributed by atoms with Gasteiger partial charge in [-0.05, 0) is 30.3 Å². The quantitative estimate of drug-likeness (QED) is 0.608. The van der Waals surface area contributed by atoms with Crippen molar-refractivity contribution in [1.82, 2.24) is 24.9 Å². The van der Waals surface area contributed by atoms with E-state index in [1.54, 1.807) is 12.4 Å². The molecule has 5 rings (SSSR count). The van der Waals surface area contributed by atoms with Crippen LogP contribution in [0.5, 0.6) is 0 Å². The van der Waals surface area contributed by atoms with Crippen LogP contribution in [-0.4, -0.2) is 51.1 Å². The normalized spacial score (nSPS) is 14.7. The van der Waals surface area contributed by atoms with Crippen molar-refractivity contribution in [2.45, 2.75) is 0 Å². The molecule has 4 aromatic rings. The number of pyridine rings is 1. The SMILES string of the molecule is c1cnc(N2CCN(c3ccc(-c4nc5ccccc5[nH]4)cn3)CC2)nc1. The van der Waals surface area contributed by atoms with Gasteiger partial charge in [0.05, 0.1) is 11.0 Å². The monoisotopic (exact) mass is 357 g/mol. The van der Waals surface area contributed by atoms with Gasteiger partial charge in [0.1, 0.15) is 11.6 Å². The molecular formula is C20H19N7. The molecule has 0 atom stereocenters. The summed E-state index contributed by atoms with van der Waals surface area (Å²) in [5, 5.41) is 0. The average Bonchev–Trinajstić information content (AvgIpc) is 3.19. The molecule has 0 bridgehead atoms. The summed E-state index contributed by atoms with van der Waals surface area (Å²) in [5.74, 6) is 2.63. The molecule has 4 heterocycles. The first kappa shape index (κ1) is 15.7. The highest BCUT2D eigenvalue weighted by molar-refractivity contribution is 5.79. The maximum absolute atomic E-state index is 4.66. The van der Waals surface area contributed by atoms with Gasteiger partial charge in [0, 0.05) is 50.3 Å². The van der Waals surface area contributed by atoms with Crippen molar-refractivity contribution in [2.24, 2.45) is 0 Å². The fourth-order valence-electron chi connectivity index (χ4n) is 3.39. The zero-order valence-corrected chi connectivity index (χ0v) is 14.8. The van der Waals surface area contributed by atoms with Crippen LogP contribution in [0.4, 0.5) is 11.8 Å². The molecule has 1 N–H and O–H groups in total. The van der Waals surface area contributed by atoms with Crippen molar-refractivity contribution < 1.29 is 0 Å². The zero-order chi connectivity index (χ0) is 18.1. The molecule has 0 saturated carbocycles. The fraction of sp³-hybridized carbons (Fsp3) is 0.200. The Balaban J connectivity index is 1.29. The third kappa shape index (κ3) is 3.08. The lowest BCUT2D eigenvalue weighted by Gasteiger charge is -2.35. The maximum Gasteiger partial charge on any atom is 0.225 e. The number of aromatic nitrogens is 5. The van der Waals surface area contributed by atoms with Crippen molar-refractivity contribution in [2.75, 3.05) is 36.0 Å². The van der Waals surface area contributed by atoms with E-state index in [1.807, 2.05) is 36.5 Å². The molecule has 0 unspecified atom stereocenters. The summed E-state index contributed by atoms with van der Waals surface area (Å²) >= 11 is 0. The lowest BCUT2D eigenvalue weighted by atomic mass is 10.2. The highest BCUT2D eigenvalue weighted by atomic mass is 15.3. The Labute approximate surface area is 156 Å². The van der Waals surface area contributed by atoms with E-state index < -0.39 is 0 Å². The predicted octanol–water partition coefficient (Wildman–Crippen LogP) is 2.74. The molecule has 1 aliphatic rings. The number of para-hydroxylation sites is 2. The summed E-state index contributed by atoms with van der Waals surface area (Å²) in [6.07, 6.45) is 5.46. The summed E-state index contributed by atoms with van der Waals surface area (Å²) in [5.41, 5.74) is 3.00. The molecule has 7 heteroatoms. The second-order valence-corrected chi connectivity index (χ2v) is 6.53. The van der Waals surface area contributed by atoms with Gasteiger partial charge in [0.15, 0.2) is 0 Å². The second kappa shape index (κ2) is 6.68. The van der Waals surface area contributed by atoms with Gasteiger partial charge in [-0.1, -0.05) is 12.1 Å². The van der Waals surface area contributed by atoms with Crippen LogP contribution in [0, 0.1) is 0 Å². The van der Waals surface area contributed by atoms with Crippen molar-refractivity contribution in [3.63, 3.8) is 0 Å². The number of rotatable bonds is 3. The first-order chi connectivity index (χ1) is 13.4. The minimum Gasteiger partial charge on any atom is -0.353 e. The van der Waals surface area contributed by atoms with Crippen LogP contribution in [-0.2, 0) is 0 Å². The van der Waals surface area contributed by atoms with Crippen LogP contribution < -0.4 is 9.80 Å². The minimum atomic E-state index is 0.797. The number of nitrogens with one attached hydrogen (secondary N) is 1. The van der Waals surface area contributed by atoms with E-state index in [4.69, 9.17) is 0 Å². The Morgan fingerprint density at radius 3 is 2.30 bits per heavy atom. The summed E-state index contributed by atoms with van der Waals surface area (Å²) in [4.78, 5) is 25.8. The molecule has 134 valence electrons. The number of fused-ring (bicyclic) bond motifs is 1. The van der Waals surface area contributed by atoms with Gasteiger partial charge >= 0.3 is 0 Å². The third-order valence-electron chi connectivity index (χ3n) is 4.85. The lowest BCUT2D eigenvalue weighted by Crippen LogP contribution is -2.47. The van der Waals surface area contributed by atoms with E-state index in [0.29, 0.717) is 0 Å². The minimum absolute atomic E-state index is 0.797. The summed E-state index contributed by atoms with van der Waals surface area (Å²) in [6, 6.07) is 14.0. The number of aromatic amines is 1. The second-order valence-electron chi connectivity index (χ2n) is 6.53. The molecule has 0 amide bonds. The van der Waals surface area contributed by atoms with Gasteiger partial charge in [-0.15, -0.1) is 0 Å². The van der Waals surface area contributed by atoms with E-state index in [-0.39, 0.29) is 0 Å². The average molecular weight is 357 g/mol. The summed E-state index contributed by atoms with van der Waals surface area (Å²) in [6.45, 7) is 3.57. The van der Waals surface area contributed by atoms with E-state index >= 15 is 0 Å². The standard InChI is InChI=1S/C20H19N7/c1-2-5-17-16(4-1)24-19(25-17)15-6-7-18(23-14-15)26-10-12-27(13-11-26)20-21-8-3-9-22-20/h1-9,14H,10-13H2,(H,24,25). The van der Waals surface area contributed by atoms with Crippen molar-refractivity contribution in [1.29, 1.82) is 0 Å². The van der Waals surface area contributed by atoms with Crippen LogP contribution in [0.3, 0.4) is 0 Å². The summed E-state index contributed by atoms with van der Waals surface area (Å²) in [7, 11) is 0. The van der Waals surface area contributed by atoms with Crippen LogP contribution in [0.1, 0.15) is 0 Å². The van der Waals surface area contributed by atoms with Gasteiger partial charge in [0.2, 0.25) is 5.95 Å². The lowest BCUT2D eigenvalue weighted by molar-refractivity contribution is 0.634. The number of hydrogen-bond acceptors (Lipinski definition) is 6. The van der Waals surface area contributed by atoms with Crippen LogP contribution in [0.15, 0.2) is 61.1 Å². The van der Waals surface area contributed by atoms with Gasteiger partial charge in [0.25, 0.3) is 0 Å². The van der Waals surface area contributed by atoms with Gasteiger partial charge in [-0.2, -0.15) is 0 Å². The topological polar surface area (TPSA) is 73.8 Å². The highest BCUT2D eigenvalue weighted by Gasteiger charge is 2.19. The molecular weight excluding hydrogens is 338 g/mol. The van der Waals surface area contributed by atoms with E-state index in [1.165, 1.54) is 0 Å². The molecule has 7 nitrogen and oxygen atoms in total. The Morgan fingerprint density at radius 1 is 0.778 bits per heavy atom. The van der Waals surface area contributed by atoms with Gasteiger partial charge in [-0.25, -0.2) is 19.9 Å². The van der Waals surface area contributed by atoms with E-state index in [0.717, 1.165) is 60.4 Å². The largest absolute Gasteiger partial charge is 0.353 e. The van der Waals surface area contributed by atoms with Crippen molar-refractivity contribution in [3.05, 3.63) is 61.1 Å². The third-order valence-corrected chi connectivity index (χ3v) is 4.85. The Hall–Kier alpha value is -3.48. The smallest absolute Gasteiger partial charge is 0.225 e. The first-order valence-electron chi connectivity index (χ1n) is 9.05. The van der Waals surface area contributed by atoms with Gasteiger partial charge in [-0.3, -0.25) is 0 Å². The van der Waals surface area contributed by atoms with E-state index in [2.05, 4.69) is 46.9 Å². The number of benzene rings is 1. The number of hydrogen-bond donors (Lipinski definition) is 1. The fourth-order valence-corrected chi connectivity index (χ4v) is 3.39. The van der Waals surface area contributed by atoms with Crippen molar-refractivity contribution >= 4 is 22.8 Å². The number of nitrogens with zero attached hydrogens (tertiary/aromatic N) is 6. The molecule has 1 saturated heterocycles. The maximum atomic E-state index is 4.66. The van der Waals surface area contributed by atoms with Crippen molar-refractivity contribution in [3.8, 4) is 11.4 Å². The highest BCUT2D eigenvalue weighted by Crippen LogP contribution is 2.22. The van der Waals surface area contributed by atoms with Crippen LogP contribution in [0.2, 0.25) is 0 Å². The number of H-pyrrole nitrogens is 1. The van der Waals surface area contributed by atoms with E-state index in [9.17, 15) is 0 Å². The molecule has 3 aromatic heterocycles. The molecule has 0 radical (unpaired) electrons. The molecule has 0 spiro atoms.